The molecule has 4 rings (SSSR count). The molecule has 0 radical (unpaired) electrons. The van der Waals surface area contributed by atoms with Gasteiger partial charge < -0.3 is 0 Å². The summed E-state index contributed by atoms with van der Waals surface area (Å²) < 4.78 is 55.8. The van der Waals surface area contributed by atoms with Gasteiger partial charge in [0.25, 0.3) is 0 Å². The van der Waals surface area contributed by atoms with E-state index in [1.807, 2.05) is 0 Å². The van der Waals surface area contributed by atoms with Gasteiger partial charge >= 0.3 is 0 Å². The molecule has 0 unspecified atom stereocenters. The van der Waals surface area contributed by atoms with Gasteiger partial charge in [0.1, 0.15) is 16.5 Å². The number of sulfonamides is 1. The molecule has 24 heavy (non-hydrogen) atoms. The van der Waals surface area contributed by atoms with Crippen molar-refractivity contribution in [3.8, 4) is 16.8 Å². The zero-order valence-corrected chi connectivity index (χ0v) is 12.9. The minimum Gasteiger partial charge on any atom is -0.215 e. The van der Waals surface area contributed by atoms with Crippen LogP contribution in [0.5, 0.6) is 0 Å². The smallest absolute Gasteiger partial charge is 0.215 e. The van der Waals surface area contributed by atoms with Crippen molar-refractivity contribution >= 4 is 10.0 Å². The standard InChI is InChI=1S/C15H10F2N4O2S/c16-10-2-3-12(13(17)6-10)9-1-4-14-15(5-9)24(22,23)19-8-11-7-18-20-21(11)14/h1-7,19H,8H2. The van der Waals surface area contributed by atoms with Crippen LogP contribution in [0.4, 0.5) is 8.78 Å². The number of benzene rings is 2. The Morgan fingerprint density at radius 1 is 1.12 bits per heavy atom. The number of hydrogen-bond acceptors (Lipinski definition) is 4. The van der Waals surface area contributed by atoms with E-state index in [4.69, 9.17) is 0 Å². The lowest BCUT2D eigenvalue weighted by atomic mass is 10.0. The Bertz CT molecular complexity index is 1060. The van der Waals surface area contributed by atoms with Crippen LogP contribution in [0.25, 0.3) is 16.8 Å². The van der Waals surface area contributed by atoms with E-state index in [0.29, 0.717) is 16.9 Å². The van der Waals surface area contributed by atoms with Gasteiger partial charge in [-0.15, -0.1) is 5.10 Å². The number of rotatable bonds is 1. The van der Waals surface area contributed by atoms with Crippen LogP contribution in [0.3, 0.4) is 0 Å². The summed E-state index contributed by atoms with van der Waals surface area (Å²) in [6.07, 6.45) is 1.46. The van der Waals surface area contributed by atoms with Crippen molar-refractivity contribution in [1.82, 2.24) is 19.7 Å². The van der Waals surface area contributed by atoms with E-state index in [2.05, 4.69) is 15.0 Å². The Morgan fingerprint density at radius 2 is 1.96 bits per heavy atom. The van der Waals surface area contributed by atoms with Gasteiger partial charge in [-0.25, -0.2) is 26.6 Å². The maximum absolute atomic E-state index is 14.0. The number of halogens is 2. The lowest BCUT2D eigenvalue weighted by molar-refractivity contribution is 0.581. The van der Waals surface area contributed by atoms with Gasteiger partial charge in [0.05, 0.1) is 24.1 Å². The maximum atomic E-state index is 14.0. The molecular weight excluding hydrogens is 338 g/mol. The monoisotopic (exact) mass is 348 g/mol. The molecule has 1 aliphatic rings. The quantitative estimate of drug-likeness (QED) is 0.730. The minimum atomic E-state index is -3.80. The molecule has 0 atom stereocenters. The fraction of sp³-hybridized carbons (Fsp3) is 0.0667. The molecule has 1 aromatic heterocycles. The second-order valence-electron chi connectivity index (χ2n) is 5.27. The van der Waals surface area contributed by atoms with Gasteiger partial charge in [0.2, 0.25) is 10.0 Å². The number of nitrogens with one attached hydrogen (secondary N) is 1. The average Bonchev–Trinajstić information content (AvgIpc) is 2.97. The Hall–Kier alpha value is -2.65. The van der Waals surface area contributed by atoms with Crippen molar-refractivity contribution in [2.24, 2.45) is 0 Å². The summed E-state index contributed by atoms with van der Waals surface area (Å²) in [6, 6.07) is 7.56. The third-order valence-electron chi connectivity index (χ3n) is 3.78. The molecule has 0 fully saturated rings. The summed E-state index contributed by atoms with van der Waals surface area (Å²) in [5.74, 6) is -1.47. The molecule has 6 nitrogen and oxygen atoms in total. The van der Waals surface area contributed by atoms with E-state index in [1.165, 1.54) is 29.1 Å². The van der Waals surface area contributed by atoms with Crippen LogP contribution < -0.4 is 4.72 Å². The first-order valence-corrected chi connectivity index (χ1v) is 8.43. The second-order valence-corrected chi connectivity index (χ2v) is 7.00. The topological polar surface area (TPSA) is 76.9 Å². The normalized spacial score (nSPS) is 15.4. The van der Waals surface area contributed by atoms with Crippen molar-refractivity contribution in [3.63, 3.8) is 0 Å². The molecule has 1 N–H and O–H groups in total. The largest absolute Gasteiger partial charge is 0.243 e. The second kappa shape index (κ2) is 5.18. The van der Waals surface area contributed by atoms with Crippen molar-refractivity contribution in [2.45, 2.75) is 11.4 Å². The average molecular weight is 348 g/mol. The minimum absolute atomic E-state index is 0.0459. The van der Waals surface area contributed by atoms with Crippen LogP contribution in [0, 0.1) is 11.6 Å². The number of aromatic nitrogens is 3. The Kier molecular flexibility index (Phi) is 3.22. The van der Waals surface area contributed by atoms with Crippen molar-refractivity contribution in [3.05, 3.63) is 59.9 Å². The highest BCUT2D eigenvalue weighted by Crippen LogP contribution is 2.31. The highest BCUT2D eigenvalue weighted by molar-refractivity contribution is 7.89. The summed E-state index contributed by atoms with van der Waals surface area (Å²) in [7, 11) is -3.80. The molecule has 1 aliphatic heterocycles. The Morgan fingerprint density at radius 3 is 2.75 bits per heavy atom. The van der Waals surface area contributed by atoms with Gasteiger partial charge in [-0.2, -0.15) is 0 Å². The predicted octanol–water partition coefficient (Wildman–Crippen LogP) is 2.00. The SMILES string of the molecule is O=S1(=O)NCc2cnnn2-c2ccc(-c3ccc(F)cc3F)cc21. The van der Waals surface area contributed by atoms with E-state index in [9.17, 15) is 17.2 Å². The van der Waals surface area contributed by atoms with Crippen molar-refractivity contribution in [1.29, 1.82) is 0 Å². The first-order valence-electron chi connectivity index (χ1n) is 6.95. The molecule has 122 valence electrons. The predicted molar refractivity (Wildman–Crippen MR) is 80.7 cm³/mol. The summed E-state index contributed by atoms with van der Waals surface area (Å²) in [4.78, 5) is -0.0482. The molecule has 0 amide bonds. The third-order valence-corrected chi connectivity index (χ3v) is 5.21. The van der Waals surface area contributed by atoms with E-state index >= 15 is 0 Å². The van der Waals surface area contributed by atoms with Gasteiger partial charge in [-0.1, -0.05) is 11.3 Å². The lowest BCUT2D eigenvalue weighted by Gasteiger charge is -2.10. The van der Waals surface area contributed by atoms with Crippen LogP contribution in [0.2, 0.25) is 0 Å². The zero-order valence-electron chi connectivity index (χ0n) is 12.1. The fourth-order valence-corrected chi connectivity index (χ4v) is 3.83. The van der Waals surface area contributed by atoms with E-state index < -0.39 is 21.7 Å². The molecule has 0 aliphatic carbocycles. The highest BCUT2D eigenvalue weighted by atomic mass is 32.2. The van der Waals surface area contributed by atoms with E-state index in [-0.39, 0.29) is 17.0 Å². The summed E-state index contributed by atoms with van der Waals surface area (Å²) in [5.41, 5.74) is 1.33. The Balaban J connectivity index is 1.96. The molecule has 2 aromatic carbocycles. The Labute approximate surface area is 135 Å². The van der Waals surface area contributed by atoms with Crippen LogP contribution in [0.1, 0.15) is 5.69 Å². The van der Waals surface area contributed by atoms with E-state index in [1.54, 1.807) is 6.07 Å². The molecule has 9 heteroatoms. The van der Waals surface area contributed by atoms with Crippen LogP contribution in [0.15, 0.2) is 47.5 Å². The van der Waals surface area contributed by atoms with Gasteiger partial charge in [0.15, 0.2) is 0 Å². The molecule has 0 saturated heterocycles. The number of nitrogens with zero attached hydrogens (tertiary/aromatic N) is 3. The number of fused-ring (bicyclic) bond motifs is 3. The molecule has 0 spiro atoms. The first kappa shape index (κ1) is 14.9. The van der Waals surface area contributed by atoms with Gasteiger partial charge in [-0.05, 0) is 29.8 Å². The third kappa shape index (κ3) is 2.29. The van der Waals surface area contributed by atoms with Crippen LogP contribution >= 0.6 is 0 Å². The molecular formula is C15H10F2N4O2S. The lowest BCUT2D eigenvalue weighted by Crippen LogP contribution is -2.21. The summed E-state index contributed by atoms with van der Waals surface area (Å²) in [5, 5.41) is 7.67. The van der Waals surface area contributed by atoms with Crippen LogP contribution in [-0.2, 0) is 16.6 Å². The first-order chi connectivity index (χ1) is 11.5. The van der Waals surface area contributed by atoms with E-state index in [0.717, 1.165) is 12.1 Å². The number of hydrogen-bond donors (Lipinski definition) is 1. The highest BCUT2D eigenvalue weighted by Gasteiger charge is 2.26. The molecule has 0 saturated carbocycles. The maximum Gasteiger partial charge on any atom is 0.243 e. The fourth-order valence-electron chi connectivity index (χ4n) is 2.62. The summed E-state index contributed by atoms with van der Waals surface area (Å²) >= 11 is 0. The summed E-state index contributed by atoms with van der Waals surface area (Å²) in [6.45, 7) is 0.0459. The molecule has 0 bridgehead atoms. The molecule has 2 heterocycles. The van der Waals surface area contributed by atoms with Crippen molar-refractivity contribution < 1.29 is 17.2 Å². The zero-order chi connectivity index (χ0) is 16.9. The van der Waals surface area contributed by atoms with Gasteiger partial charge in [-0.3, -0.25) is 0 Å². The van der Waals surface area contributed by atoms with Gasteiger partial charge in [0, 0.05) is 11.6 Å². The van der Waals surface area contributed by atoms with Crippen LogP contribution in [-0.4, -0.2) is 23.4 Å². The van der Waals surface area contributed by atoms with Crippen molar-refractivity contribution in [2.75, 3.05) is 0 Å². The molecule has 3 aromatic rings.